The van der Waals surface area contributed by atoms with E-state index in [2.05, 4.69) is 4.74 Å². The number of rotatable bonds is 12. The number of methoxy groups -OCH3 is 1. The molecule has 1 aliphatic heterocycles. The molecular weight excluding hydrogens is 710 g/mol. The second kappa shape index (κ2) is 16.7. The van der Waals surface area contributed by atoms with Gasteiger partial charge in [0.15, 0.2) is 17.1 Å². The summed E-state index contributed by atoms with van der Waals surface area (Å²) >= 11 is -0.840. The zero-order valence-electron chi connectivity index (χ0n) is 57.5. The van der Waals surface area contributed by atoms with E-state index in [-0.39, 0.29) is 4.90 Å². The maximum Gasteiger partial charge on any atom is 0.416 e. The number of pyridine rings is 1. The number of aromatic nitrogens is 1. The third-order valence-electron chi connectivity index (χ3n) is 6.85. The van der Waals surface area contributed by atoms with Crippen LogP contribution in [0, 0.1) is 18.6 Å². The molecule has 6 rings (SSSR count). The summed E-state index contributed by atoms with van der Waals surface area (Å²) in [6, 6.07) is -28.0. The van der Waals surface area contributed by atoms with Gasteiger partial charge in [-0.05, 0) is 66.1 Å². The minimum atomic E-state index is -5.39. The predicted octanol–water partition coefficient (Wildman–Crippen LogP) is 8.71. The van der Waals surface area contributed by atoms with Crippen LogP contribution in [0.3, 0.4) is 0 Å². The Bertz CT molecular complexity index is 3570. The van der Waals surface area contributed by atoms with Gasteiger partial charge in [-0.25, -0.2) is 8.78 Å². The van der Waals surface area contributed by atoms with Crippen LogP contribution in [-0.2, 0) is 34.5 Å². The number of likely N-dealkylation sites (tertiary alicyclic amines) is 1. The molecule has 1 amide bonds. The number of para-hydroxylation sites is 1. The molecule has 1 fully saturated rings. The second-order valence-electron chi connectivity index (χ2n) is 10.3. The summed E-state index contributed by atoms with van der Waals surface area (Å²) in [6.45, 7) is -17.8. The van der Waals surface area contributed by atoms with Gasteiger partial charge < -0.3 is 19.1 Å². The van der Waals surface area contributed by atoms with Crippen molar-refractivity contribution in [2.75, 3.05) is 33.2 Å². The Morgan fingerprint density at radius 1 is 1.04 bits per heavy atom. The number of hydrogen-bond donors (Lipinski definition) is 0. The van der Waals surface area contributed by atoms with Crippen molar-refractivity contribution in [1.29, 1.82) is 0 Å². The molecule has 12 heteroatoms. The lowest BCUT2D eigenvalue weighted by Crippen LogP contribution is -2.48. The molecule has 1 aromatic heterocycles. The Labute approximate surface area is 352 Å². The number of ether oxygens (including phenoxy) is 1. The fraction of sp³-hybridized carbons (Fsp3) is 0.317. The number of nitrogens with zero attached hydrogens (tertiary/aromatic N) is 3. The number of piperidine rings is 1. The van der Waals surface area contributed by atoms with E-state index in [4.69, 9.17) is 32.9 Å². The number of alkyl halides is 3. The maximum absolute atomic E-state index is 15.9. The lowest BCUT2D eigenvalue weighted by atomic mass is 9.98. The van der Waals surface area contributed by atoms with Crippen LogP contribution in [-0.4, -0.2) is 59.5 Å². The molecule has 0 unspecified atom stereocenters. The van der Waals surface area contributed by atoms with Gasteiger partial charge in [0, 0.05) is 75.5 Å². The van der Waals surface area contributed by atoms with E-state index in [1.807, 2.05) is 0 Å². The summed E-state index contributed by atoms with van der Waals surface area (Å²) in [7, 11) is -3.33. The quantitative estimate of drug-likeness (QED) is 0.0938. The monoisotopic (exact) mass is 780 g/mol. The lowest BCUT2D eigenvalue weighted by Gasteiger charge is -2.39. The Morgan fingerprint density at radius 3 is 2.51 bits per heavy atom. The van der Waals surface area contributed by atoms with Crippen molar-refractivity contribution < 1.29 is 74.0 Å². The number of thioether (sulfide) groups is 1. The molecule has 0 saturated carbocycles. The molecule has 0 aliphatic carbocycles. The Morgan fingerprint density at radius 2 is 1.77 bits per heavy atom. The van der Waals surface area contributed by atoms with Crippen molar-refractivity contribution in [1.82, 2.24) is 14.4 Å². The van der Waals surface area contributed by atoms with Gasteiger partial charge in [0.05, 0.1) is 51.5 Å². The third-order valence-corrected chi connectivity index (χ3v) is 7.63. The van der Waals surface area contributed by atoms with Gasteiger partial charge in [-0.15, -0.1) is 11.8 Å². The zero-order valence-corrected chi connectivity index (χ0v) is 27.3. The van der Waals surface area contributed by atoms with Crippen LogP contribution in [0.1, 0.15) is 77.5 Å². The maximum atomic E-state index is 15.9. The topological polar surface area (TPSA) is 54.8 Å². The van der Waals surface area contributed by atoms with Gasteiger partial charge >= 0.3 is 6.18 Å². The van der Waals surface area contributed by atoms with E-state index < -0.39 is 261 Å². The summed E-state index contributed by atoms with van der Waals surface area (Å²) < 4.78 is 347. The van der Waals surface area contributed by atoms with Gasteiger partial charge in [-0.2, -0.15) is 13.2 Å². The van der Waals surface area contributed by atoms with Crippen LogP contribution in [0.15, 0.2) is 100 Å². The van der Waals surface area contributed by atoms with Crippen LogP contribution in [0.5, 0.6) is 0 Å². The SMILES string of the molecule is [2H]c1c([2H])c(F)c(F)c(C([2H])([2H])Sc2c([2H])c(=O)c3c([2H])c([2H])c([2H])c([2H])c3n2C([2H])([2H])C(=O)N(Cc2c([2H])c([2H])c(-c3c([2H])c([2H])c(C(F)(F)F)c(C)c3[2H])c([2H])c2[2H])C2([2H])C([2H])([2H])C([2H])([2H])N(CCOC([2H])([2H])[2H])C([2H])([2H])C2([2H])[2H])c1[2H]. The first-order chi connectivity index (χ1) is 37.7. The number of halogens is 5. The molecule has 0 bridgehead atoms. The fourth-order valence-corrected chi connectivity index (χ4v) is 5.08. The van der Waals surface area contributed by atoms with E-state index in [1.54, 1.807) is 0 Å². The van der Waals surface area contributed by atoms with E-state index in [0.29, 0.717) is 6.92 Å². The van der Waals surface area contributed by atoms with Crippen LogP contribution in [0.25, 0.3) is 22.0 Å². The number of amides is 1. The molecule has 53 heavy (non-hydrogen) atoms. The largest absolute Gasteiger partial charge is 0.416 e. The molecule has 0 radical (unpaired) electrons. The number of carbonyl (C=O) groups excluding carboxylic acids is 1. The van der Waals surface area contributed by atoms with Gasteiger partial charge in [0.25, 0.3) is 0 Å². The third kappa shape index (κ3) is 9.00. The smallest absolute Gasteiger partial charge is 0.383 e. The van der Waals surface area contributed by atoms with E-state index in [1.165, 1.54) is 0 Å². The Kier molecular flexibility index (Phi) is 4.81. The van der Waals surface area contributed by atoms with Gasteiger partial charge in [0.2, 0.25) is 5.91 Å². The average molecular weight is 781 g/mol. The van der Waals surface area contributed by atoms with Crippen molar-refractivity contribution in [2.24, 2.45) is 0 Å². The van der Waals surface area contributed by atoms with E-state index >= 15 is 13.6 Å². The highest BCUT2D eigenvalue weighted by atomic mass is 32.2. The van der Waals surface area contributed by atoms with Crippen molar-refractivity contribution in [3.8, 4) is 11.1 Å². The predicted molar refractivity (Wildman–Crippen MR) is 198 cm³/mol. The second-order valence-corrected chi connectivity index (χ2v) is 11.1. The first-order valence-corrected chi connectivity index (χ1v) is 15.4. The fourth-order valence-electron chi connectivity index (χ4n) is 4.37. The number of carbonyl (C=O) groups is 1. The van der Waals surface area contributed by atoms with Crippen molar-refractivity contribution >= 4 is 28.6 Å². The molecule has 0 atom stereocenters. The molecule has 2 heterocycles. The van der Waals surface area contributed by atoms with Crippen molar-refractivity contribution in [3.63, 3.8) is 0 Å². The molecular formula is C41H40F5N3O3S. The molecule has 0 spiro atoms. The summed E-state index contributed by atoms with van der Waals surface area (Å²) in [4.78, 5) is 28.9. The van der Waals surface area contributed by atoms with Gasteiger partial charge in [-0.3, -0.25) is 9.59 Å². The van der Waals surface area contributed by atoms with Gasteiger partial charge in [-0.1, -0.05) is 60.4 Å². The normalized spacial score (nSPS) is 27.8. The number of hydrogen-bond acceptors (Lipinski definition) is 5. The summed E-state index contributed by atoms with van der Waals surface area (Å²) in [6.07, 6.45) is -14.8. The minimum Gasteiger partial charge on any atom is -0.383 e. The molecule has 1 aliphatic rings. The minimum absolute atomic E-state index is 0.351. The molecule has 5 aromatic rings. The van der Waals surface area contributed by atoms with Gasteiger partial charge in [0.1, 0.15) is 6.50 Å². The van der Waals surface area contributed by atoms with E-state index in [0.717, 1.165) is 0 Å². The molecule has 4 aromatic carbocycles. The first-order valence-electron chi connectivity index (χ1n) is 30.1. The molecule has 278 valence electrons. The Hall–Kier alpha value is -4.52. The highest BCUT2D eigenvalue weighted by Gasteiger charge is 2.32. The standard InChI is InChI=1S/C41H40F5N3O3S/c1-27-22-30(14-15-34(27)41(44,45)46)29-12-10-28(11-13-29)24-48(32-16-18-47(19-17-32)20-21-52-2)38(51)25-49-36-9-4-3-7-33(36)37(50)23-39(49)53-26-31-6-5-8-35(42)40(31)43/h3-15,22-23,32H,16-21,24-26H2,1-2H3/i2D3,3D,4D,5D,6D,7D,8D,9D,10D,11D,12D,13D,14D,15D,16D2,17D2,18D2,19D2,22D,23D,25D2,26D2,32D. The zero-order chi connectivity index (χ0) is 64.9. The van der Waals surface area contributed by atoms with E-state index in [9.17, 15) is 27.6 Å². The lowest BCUT2D eigenvalue weighted by molar-refractivity contribution is -0.138. The Balaban J connectivity index is 1.80. The van der Waals surface area contributed by atoms with Crippen LogP contribution in [0.2, 0.25) is 0 Å². The summed E-state index contributed by atoms with van der Waals surface area (Å²) in [5.41, 5.74) is -16.1. The average Bonchev–Trinajstić information content (AvgIpc) is 0.801. The molecule has 6 nitrogen and oxygen atoms in total. The summed E-state index contributed by atoms with van der Waals surface area (Å²) in [5, 5.41) is -3.24. The highest BCUT2D eigenvalue weighted by molar-refractivity contribution is 7.98. The number of fused-ring (bicyclic) bond motifs is 1. The summed E-state index contributed by atoms with van der Waals surface area (Å²) in [5.74, 6) is -7.53. The van der Waals surface area contributed by atoms with Crippen LogP contribution in [0.4, 0.5) is 22.0 Å². The number of benzene rings is 4. The molecule has 0 N–H and O–H groups in total. The first kappa shape index (κ1) is 15.3. The van der Waals surface area contributed by atoms with Crippen molar-refractivity contribution in [2.45, 2.75) is 55.6 Å². The highest BCUT2D eigenvalue weighted by Crippen LogP contribution is 2.34. The molecule has 1 saturated heterocycles. The van der Waals surface area contributed by atoms with Crippen LogP contribution >= 0.6 is 11.8 Å². The van der Waals surface area contributed by atoms with Crippen LogP contribution < -0.4 is 5.43 Å². The van der Waals surface area contributed by atoms with Crippen molar-refractivity contribution in [3.05, 3.63) is 135 Å².